The van der Waals surface area contributed by atoms with E-state index in [9.17, 15) is 8.42 Å². The van der Waals surface area contributed by atoms with Crippen molar-refractivity contribution in [3.63, 3.8) is 0 Å². The second kappa shape index (κ2) is 7.12. The van der Waals surface area contributed by atoms with Crippen molar-refractivity contribution in [3.05, 3.63) is 67.6 Å². The summed E-state index contributed by atoms with van der Waals surface area (Å²) in [5.74, 6) is 1.39. The van der Waals surface area contributed by atoms with E-state index >= 15 is 0 Å². The van der Waals surface area contributed by atoms with Gasteiger partial charge in [0.1, 0.15) is 12.1 Å². The third kappa shape index (κ3) is 3.83. The van der Waals surface area contributed by atoms with Gasteiger partial charge in [-0.05, 0) is 30.3 Å². The van der Waals surface area contributed by atoms with Crippen LogP contribution in [-0.4, -0.2) is 37.7 Å². The van der Waals surface area contributed by atoms with E-state index in [4.69, 9.17) is 4.74 Å². The zero-order valence-electron chi connectivity index (χ0n) is 14.7. The molecule has 0 atom stereocenters. The van der Waals surface area contributed by atoms with E-state index in [-0.39, 0.29) is 5.03 Å². The van der Waals surface area contributed by atoms with Gasteiger partial charge in [0.2, 0.25) is 5.88 Å². The quantitative estimate of drug-likeness (QED) is 0.529. The van der Waals surface area contributed by atoms with E-state index in [1.807, 2.05) is 0 Å². The molecule has 0 fully saturated rings. The van der Waals surface area contributed by atoms with E-state index in [0.29, 0.717) is 23.1 Å². The monoisotopic (exact) mass is 397 g/mol. The van der Waals surface area contributed by atoms with Crippen molar-refractivity contribution in [2.24, 2.45) is 7.05 Å². The lowest BCUT2D eigenvalue weighted by Gasteiger charge is -2.08. The number of anilines is 1. The molecule has 4 rings (SSSR count). The van der Waals surface area contributed by atoms with Crippen molar-refractivity contribution in [3.8, 4) is 17.4 Å². The first kappa shape index (κ1) is 17.7. The fourth-order valence-electron chi connectivity index (χ4n) is 2.36. The molecular weight excluding hydrogens is 382 g/mol. The molecule has 0 saturated carbocycles. The SMILES string of the molecule is Cn1cnc(S(=O)(=O)Nc2ccc(Oc3cc(-n4cccn4)ncn3)cc2)c1. The zero-order valence-corrected chi connectivity index (χ0v) is 15.5. The lowest BCUT2D eigenvalue weighted by Crippen LogP contribution is -2.13. The molecule has 4 aromatic rings. The van der Waals surface area contributed by atoms with E-state index in [1.165, 1.54) is 18.9 Å². The lowest BCUT2D eigenvalue weighted by atomic mass is 10.3. The fraction of sp³-hybridized carbons (Fsp3) is 0.0588. The minimum absolute atomic E-state index is 0.0533. The van der Waals surface area contributed by atoms with Gasteiger partial charge in [-0.15, -0.1) is 0 Å². The zero-order chi connectivity index (χ0) is 19.6. The van der Waals surface area contributed by atoms with Gasteiger partial charge in [0.25, 0.3) is 10.0 Å². The third-order valence-corrected chi connectivity index (χ3v) is 4.92. The Morgan fingerprint density at radius 3 is 2.61 bits per heavy atom. The summed E-state index contributed by atoms with van der Waals surface area (Å²) >= 11 is 0. The van der Waals surface area contributed by atoms with Crippen LogP contribution in [0.15, 0.2) is 72.7 Å². The predicted octanol–water partition coefficient (Wildman–Crippen LogP) is 1.99. The van der Waals surface area contributed by atoms with Crippen LogP contribution in [0.2, 0.25) is 0 Å². The molecule has 11 heteroatoms. The summed E-state index contributed by atoms with van der Waals surface area (Å²) in [4.78, 5) is 12.1. The first-order valence-corrected chi connectivity index (χ1v) is 9.59. The highest BCUT2D eigenvalue weighted by Crippen LogP contribution is 2.23. The molecule has 0 amide bonds. The van der Waals surface area contributed by atoms with Crippen LogP contribution >= 0.6 is 0 Å². The average molecular weight is 397 g/mol. The summed E-state index contributed by atoms with van der Waals surface area (Å²) in [5, 5.41) is 4.05. The second-order valence-corrected chi connectivity index (χ2v) is 7.40. The minimum atomic E-state index is -3.75. The highest BCUT2D eigenvalue weighted by Gasteiger charge is 2.17. The second-order valence-electron chi connectivity index (χ2n) is 5.77. The smallest absolute Gasteiger partial charge is 0.280 e. The van der Waals surface area contributed by atoms with Crippen LogP contribution in [0.4, 0.5) is 5.69 Å². The molecule has 0 spiro atoms. The van der Waals surface area contributed by atoms with E-state index in [1.54, 1.807) is 65.1 Å². The summed E-state index contributed by atoms with van der Waals surface area (Å²) in [6.45, 7) is 0. The highest BCUT2D eigenvalue weighted by molar-refractivity contribution is 7.92. The lowest BCUT2D eigenvalue weighted by molar-refractivity contribution is 0.460. The van der Waals surface area contributed by atoms with Gasteiger partial charge in [0, 0.05) is 37.4 Å². The highest BCUT2D eigenvalue weighted by atomic mass is 32.2. The van der Waals surface area contributed by atoms with Gasteiger partial charge in [-0.2, -0.15) is 13.5 Å². The van der Waals surface area contributed by atoms with Crippen LogP contribution in [0, 0.1) is 0 Å². The van der Waals surface area contributed by atoms with Gasteiger partial charge in [-0.25, -0.2) is 19.6 Å². The van der Waals surface area contributed by atoms with Gasteiger partial charge >= 0.3 is 0 Å². The molecule has 0 aliphatic heterocycles. The largest absolute Gasteiger partial charge is 0.439 e. The average Bonchev–Trinajstić information content (AvgIpc) is 3.35. The van der Waals surface area contributed by atoms with Gasteiger partial charge < -0.3 is 9.30 Å². The molecule has 0 bridgehead atoms. The molecule has 1 aromatic carbocycles. The number of hydrogen-bond donors (Lipinski definition) is 1. The molecule has 0 saturated heterocycles. The number of nitrogens with zero attached hydrogens (tertiary/aromatic N) is 6. The Labute approximate surface area is 160 Å². The van der Waals surface area contributed by atoms with E-state index in [2.05, 4.69) is 24.8 Å². The number of rotatable bonds is 6. The molecule has 3 aromatic heterocycles. The van der Waals surface area contributed by atoms with Crippen LogP contribution in [0.5, 0.6) is 11.6 Å². The van der Waals surface area contributed by atoms with Crippen molar-refractivity contribution in [1.29, 1.82) is 0 Å². The molecule has 0 aliphatic rings. The Kier molecular flexibility index (Phi) is 4.49. The van der Waals surface area contributed by atoms with Crippen LogP contribution in [0.25, 0.3) is 5.82 Å². The number of aryl methyl sites for hydroxylation is 1. The van der Waals surface area contributed by atoms with Gasteiger partial charge in [-0.3, -0.25) is 4.72 Å². The number of sulfonamides is 1. The summed E-state index contributed by atoms with van der Waals surface area (Å²) in [6, 6.07) is 9.87. The maximum Gasteiger partial charge on any atom is 0.280 e. The van der Waals surface area contributed by atoms with Crippen molar-refractivity contribution >= 4 is 15.7 Å². The summed E-state index contributed by atoms with van der Waals surface area (Å²) in [7, 11) is -2.05. The van der Waals surface area contributed by atoms with Crippen LogP contribution < -0.4 is 9.46 Å². The summed E-state index contributed by atoms with van der Waals surface area (Å²) in [5.41, 5.74) is 0.387. The number of imidazole rings is 1. The standard InChI is InChI=1S/C17H15N7O3S/c1-23-10-17(20-12-23)28(25,26)22-13-3-5-14(6-4-13)27-16-9-15(18-11-19-16)24-8-2-7-21-24/h2-12,22H,1H3. The van der Waals surface area contributed by atoms with Crippen molar-refractivity contribution in [1.82, 2.24) is 29.3 Å². The first-order chi connectivity index (χ1) is 13.5. The summed E-state index contributed by atoms with van der Waals surface area (Å²) < 4.78 is 35.9. The number of benzene rings is 1. The molecule has 1 N–H and O–H groups in total. The van der Waals surface area contributed by atoms with Gasteiger partial charge in [-0.1, -0.05) is 0 Å². The molecule has 0 radical (unpaired) electrons. The molecule has 28 heavy (non-hydrogen) atoms. The molecule has 0 aliphatic carbocycles. The first-order valence-electron chi connectivity index (χ1n) is 8.10. The van der Waals surface area contributed by atoms with Gasteiger partial charge in [0.05, 0.1) is 6.33 Å². The molecule has 10 nitrogen and oxygen atoms in total. The molecule has 0 unspecified atom stereocenters. The van der Waals surface area contributed by atoms with Crippen LogP contribution in [-0.2, 0) is 17.1 Å². The molecule has 3 heterocycles. The van der Waals surface area contributed by atoms with Crippen molar-refractivity contribution in [2.45, 2.75) is 5.03 Å². The minimum Gasteiger partial charge on any atom is -0.439 e. The van der Waals surface area contributed by atoms with Gasteiger partial charge in [0.15, 0.2) is 10.8 Å². The van der Waals surface area contributed by atoms with E-state index < -0.39 is 10.0 Å². The number of hydrogen-bond acceptors (Lipinski definition) is 7. The molecular formula is C17H15N7O3S. The fourth-order valence-corrected chi connectivity index (χ4v) is 3.40. The number of aromatic nitrogens is 6. The maximum absolute atomic E-state index is 12.3. The number of nitrogens with one attached hydrogen (secondary N) is 1. The van der Waals surface area contributed by atoms with Crippen LogP contribution in [0.1, 0.15) is 0 Å². The maximum atomic E-state index is 12.3. The number of ether oxygens (including phenoxy) is 1. The van der Waals surface area contributed by atoms with Crippen LogP contribution in [0.3, 0.4) is 0 Å². The van der Waals surface area contributed by atoms with Crippen molar-refractivity contribution < 1.29 is 13.2 Å². The summed E-state index contributed by atoms with van der Waals surface area (Å²) in [6.07, 6.45) is 7.63. The Hall–Kier alpha value is -3.73. The normalized spacial score (nSPS) is 11.3. The predicted molar refractivity (Wildman–Crippen MR) is 99.7 cm³/mol. The Bertz CT molecular complexity index is 1190. The van der Waals surface area contributed by atoms with E-state index in [0.717, 1.165) is 0 Å². The third-order valence-electron chi connectivity index (χ3n) is 3.65. The Balaban J connectivity index is 1.47. The Morgan fingerprint density at radius 1 is 1.11 bits per heavy atom. The molecule has 142 valence electrons. The van der Waals surface area contributed by atoms with Crippen molar-refractivity contribution in [2.75, 3.05) is 4.72 Å². The topological polar surface area (TPSA) is 117 Å². The Morgan fingerprint density at radius 2 is 1.93 bits per heavy atom.